The van der Waals surface area contributed by atoms with Crippen molar-refractivity contribution >= 4 is 15.9 Å². The summed E-state index contributed by atoms with van der Waals surface area (Å²) in [5.74, 6) is 2.10. The van der Waals surface area contributed by atoms with Crippen LogP contribution in [0, 0.1) is 12.8 Å². The van der Waals surface area contributed by atoms with E-state index in [4.69, 9.17) is 4.52 Å². The van der Waals surface area contributed by atoms with E-state index in [1.165, 1.54) is 0 Å². The molecule has 0 aliphatic rings. The molecule has 3 aromatic rings. The fourth-order valence-corrected chi connectivity index (χ4v) is 2.84. The van der Waals surface area contributed by atoms with E-state index >= 15 is 0 Å². The topological polar surface area (TPSA) is 64.7 Å². The minimum absolute atomic E-state index is 0.290. The van der Waals surface area contributed by atoms with E-state index in [0.29, 0.717) is 23.5 Å². The number of halogens is 1. The Kier molecular flexibility index (Phi) is 4.49. The van der Waals surface area contributed by atoms with Gasteiger partial charge in [-0.3, -0.25) is 0 Å². The van der Waals surface area contributed by atoms with Gasteiger partial charge in [0.2, 0.25) is 0 Å². The Hall–Kier alpha value is -2.08. The Labute approximate surface area is 149 Å². The van der Waals surface area contributed by atoms with E-state index in [9.17, 15) is 0 Å². The summed E-state index contributed by atoms with van der Waals surface area (Å²) in [4.78, 5) is 13.0. The Morgan fingerprint density at radius 3 is 2.29 bits per heavy atom. The van der Waals surface area contributed by atoms with Gasteiger partial charge < -0.3 is 4.52 Å². The summed E-state index contributed by atoms with van der Waals surface area (Å²) in [6.45, 7) is 8.30. The lowest BCUT2D eigenvalue weighted by Crippen LogP contribution is -2.31. The molecule has 3 rings (SSSR count). The highest BCUT2D eigenvalue weighted by molar-refractivity contribution is 9.10. The van der Waals surface area contributed by atoms with Crippen LogP contribution in [0.2, 0.25) is 0 Å². The number of aryl methyl sites for hydroxylation is 1. The maximum atomic E-state index is 5.48. The van der Waals surface area contributed by atoms with Gasteiger partial charge in [0.25, 0.3) is 5.89 Å². The molecule has 0 aliphatic heterocycles. The van der Waals surface area contributed by atoms with Gasteiger partial charge in [0.1, 0.15) is 5.82 Å². The number of aromatic nitrogens is 4. The summed E-state index contributed by atoms with van der Waals surface area (Å²) in [5.41, 5.74) is 1.52. The third kappa shape index (κ3) is 2.98. The fraction of sp³-hybridized carbons (Fsp3) is 0.333. The maximum Gasteiger partial charge on any atom is 0.261 e. The summed E-state index contributed by atoms with van der Waals surface area (Å²) in [6, 6.07) is 8.25. The van der Waals surface area contributed by atoms with Gasteiger partial charge in [-0.25, -0.2) is 9.97 Å². The van der Waals surface area contributed by atoms with Gasteiger partial charge in [0.15, 0.2) is 5.82 Å². The van der Waals surface area contributed by atoms with Gasteiger partial charge in [-0.2, -0.15) is 4.98 Å². The molecule has 1 atom stereocenters. The van der Waals surface area contributed by atoms with Crippen molar-refractivity contribution < 1.29 is 4.52 Å². The van der Waals surface area contributed by atoms with E-state index < -0.39 is 0 Å². The molecule has 124 valence electrons. The predicted octanol–water partition coefficient (Wildman–Crippen LogP) is 4.56. The first-order chi connectivity index (χ1) is 11.4. The molecule has 0 N–H and O–H groups in total. The van der Waals surface area contributed by atoms with Gasteiger partial charge in [0, 0.05) is 16.9 Å². The van der Waals surface area contributed by atoms with E-state index in [2.05, 4.69) is 68.9 Å². The summed E-state index contributed by atoms with van der Waals surface area (Å²) < 4.78 is 6.53. The average molecular weight is 387 g/mol. The first-order valence-electron chi connectivity index (χ1n) is 7.80. The second kappa shape index (κ2) is 6.43. The zero-order chi connectivity index (χ0) is 17.3. The molecule has 6 heteroatoms. The highest BCUT2D eigenvalue weighted by Gasteiger charge is 2.37. The molecule has 0 amide bonds. The van der Waals surface area contributed by atoms with Gasteiger partial charge in [-0.15, -0.1) is 0 Å². The molecule has 0 saturated heterocycles. The minimum atomic E-state index is -0.353. The van der Waals surface area contributed by atoms with Crippen LogP contribution >= 0.6 is 15.9 Å². The van der Waals surface area contributed by atoms with Crippen LogP contribution in [-0.2, 0) is 5.41 Å². The van der Waals surface area contributed by atoms with Crippen molar-refractivity contribution in [3.8, 4) is 11.5 Å². The fourth-order valence-electron chi connectivity index (χ4n) is 2.57. The molecule has 0 fully saturated rings. The Balaban J connectivity index is 2.04. The second-order valence-corrected chi connectivity index (χ2v) is 7.22. The molecule has 0 aliphatic carbocycles. The van der Waals surface area contributed by atoms with Crippen LogP contribution in [0.25, 0.3) is 11.5 Å². The second-order valence-electron chi connectivity index (χ2n) is 6.31. The molecule has 0 bridgehead atoms. The maximum absolute atomic E-state index is 5.48. The molecule has 24 heavy (non-hydrogen) atoms. The normalized spacial score (nSPS) is 13.9. The quantitative estimate of drug-likeness (QED) is 0.657. The number of nitrogens with zero attached hydrogens (tertiary/aromatic N) is 4. The zero-order valence-electron chi connectivity index (χ0n) is 14.1. The lowest BCUT2D eigenvalue weighted by atomic mass is 9.73. The van der Waals surface area contributed by atoms with Crippen molar-refractivity contribution in [3.63, 3.8) is 0 Å². The lowest BCUT2D eigenvalue weighted by molar-refractivity contribution is 0.350. The van der Waals surface area contributed by atoms with E-state index in [0.717, 1.165) is 15.6 Å². The largest absolute Gasteiger partial charge is 0.334 e. The van der Waals surface area contributed by atoms with Crippen LogP contribution in [0.1, 0.15) is 38.0 Å². The van der Waals surface area contributed by atoms with Crippen molar-refractivity contribution in [1.82, 2.24) is 20.1 Å². The third-order valence-corrected chi connectivity index (χ3v) is 5.05. The van der Waals surface area contributed by atoms with E-state index in [1.807, 2.05) is 19.1 Å². The van der Waals surface area contributed by atoms with Crippen LogP contribution < -0.4 is 0 Å². The summed E-state index contributed by atoms with van der Waals surface area (Å²) in [6.07, 6.45) is 3.40. The molecule has 1 aromatic carbocycles. The van der Waals surface area contributed by atoms with Crippen LogP contribution in [0.3, 0.4) is 0 Å². The van der Waals surface area contributed by atoms with Crippen molar-refractivity contribution in [2.24, 2.45) is 5.92 Å². The van der Waals surface area contributed by atoms with Crippen LogP contribution in [0.4, 0.5) is 0 Å². The molecule has 2 aromatic heterocycles. The molecule has 5 nitrogen and oxygen atoms in total. The number of hydrogen-bond donors (Lipinski definition) is 0. The van der Waals surface area contributed by atoms with Gasteiger partial charge in [0.05, 0.1) is 11.0 Å². The van der Waals surface area contributed by atoms with Crippen molar-refractivity contribution in [2.75, 3.05) is 0 Å². The summed E-state index contributed by atoms with van der Waals surface area (Å²) >= 11 is 3.48. The zero-order valence-corrected chi connectivity index (χ0v) is 15.7. The van der Waals surface area contributed by atoms with Crippen LogP contribution in [0.5, 0.6) is 0 Å². The molecule has 2 heterocycles. The first-order valence-corrected chi connectivity index (χ1v) is 8.60. The molecular formula is C18H19BrN4O. The lowest BCUT2D eigenvalue weighted by Gasteiger charge is -2.31. The standard InChI is InChI=1S/C18H19BrN4O/c1-11(2)18(4,14-5-7-15(19)8-6-14)17-22-16(24-23-17)13-9-20-12(3)21-10-13/h5-11H,1-4H3. The first kappa shape index (κ1) is 16.8. The molecule has 1 unspecified atom stereocenters. The molecule has 0 saturated carbocycles. The Bertz CT molecular complexity index is 827. The number of rotatable bonds is 4. The Morgan fingerprint density at radius 2 is 1.71 bits per heavy atom. The SMILES string of the molecule is Cc1ncc(-c2nc(C(C)(c3ccc(Br)cc3)C(C)C)no2)cn1. The summed E-state index contributed by atoms with van der Waals surface area (Å²) in [7, 11) is 0. The number of hydrogen-bond acceptors (Lipinski definition) is 5. The van der Waals surface area contributed by atoms with E-state index in [1.54, 1.807) is 12.4 Å². The van der Waals surface area contributed by atoms with Gasteiger partial charge in [-0.05, 0) is 37.5 Å². The van der Waals surface area contributed by atoms with Crippen molar-refractivity contribution in [3.05, 3.63) is 58.3 Å². The monoisotopic (exact) mass is 386 g/mol. The average Bonchev–Trinajstić information content (AvgIpc) is 3.05. The van der Waals surface area contributed by atoms with Gasteiger partial charge in [-0.1, -0.05) is 47.1 Å². The number of benzene rings is 1. The van der Waals surface area contributed by atoms with Crippen LogP contribution in [0.15, 0.2) is 45.7 Å². The predicted molar refractivity (Wildman–Crippen MR) is 95.5 cm³/mol. The Morgan fingerprint density at radius 1 is 1.08 bits per heavy atom. The smallest absolute Gasteiger partial charge is 0.261 e. The van der Waals surface area contributed by atoms with Crippen molar-refractivity contribution in [1.29, 1.82) is 0 Å². The molecular weight excluding hydrogens is 368 g/mol. The highest BCUT2D eigenvalue weighted by atomic mass is 79.9. The highest BCUT2D eigenvalue weighted by Crippen LogP contribution is 2.38. The van der Waals surface area contributed by atoms with Gasteiger partial charge >= 0.3 is 0 Å². The molecule has 0 radical (unpaired) electrons. The third-order valence-electron chi connectivity index (χ3n) is 4.52. The van der Waals surface area contributed by atoms with Crippen LogP contribution in [-0.4, -0.2) is 20.1 Å². The molecule has 0 spiro atoms. The van der Waals surface area contributed by atoms with E-state index in [-0.39, 0.29) is 5.41 Å². The summed E-state index contributed by atoms with van der Waals surface area (Å²) in [5, 5.41) is 4.25. The minimum Gasteiger partial charge on any atom is -0.334 e. The van der Waals surface area contributed by atoms with Crippen molar-refractivity contribution in [2.45, 2.75) is 33.1 Å².